The van der Waals surface area contributed by atoms with E-state index in [1.807, 2.05) is 12.4 Å². The highest BCUT2D eigenvalue weighted by molar-refractivity contribution is 7.85. The SMILES string of the molecule is CC(=O)O[C@H]1CC[C@@]2(C)C(=CC[C@@H]3[C@@H]2CC[C@]2(C)C(c4cccnc4)=CC[C@@H]32)C1.CS(=O)(=O)O. The van der Waals surface area contributed by atoms with Crippen LogP contribution in [0.3, 0.4) is 0 Å². The number of aromatic nitrogens is 1. The normalized spacial score (nSPS) is 36.5. The Bertz CT molecular complexity index is 1090. The van der Waals surface area contributed by atoms with Gasteiger partial charge in [0.15, 0.2) is 0 Å². The minimum Gasteiger partial charge on any atom is -0.462 e. The zero-order valence-corrected chi connectivity index (χ0v) is 21.5. The average molecular weight is 488 g/mol. The molecule has 186 valence electrons. The van der Waals surface area contributed by atoms with Gasteiger partial charge in [-0.15, -0.1) is 0 Å². The lowest BCUT2D eigenvalue weighted by Crippen LogP contribution is -2.50. The Kier molecular flexibility index (Phi) is 6.82. The predicted molar refractivity (Wildman–Crippen MR) is 132 cm³/mol. The molecule has 0 bridgehead atoms. The molecule has 1 aromatic heterocycles. The van der Waals surface area contributed by atoms with Crippen molar-refractivity contribution in [3.05, 3.63) is 47.8 Å². The molecule has 4 aliphatic rings. The van der Waals surface area contributed by atoms with Gasteiger partial charge >= 0.3 is 5.97 Å². The second kappa shape index (κ2) is 9.23. The van der Waals surface area contributed by atoms with E-state index >= 15 is 0 Å². The molecule has 0 aliphatic heterocycles. The van der Waals surface area contributed by atoms with Crippen LogP contribution >= 0.6 is 0 Å². The number of esters is 1. The van der Waals surface area contributed by atoms with Gasteiger partial charge in [0.1, 0.15) is 6.10 Å². The molecule has 0 spiro atoms. The van der Waals surface area contributed by atoms with Crippen LogP contribution < -0.4 is 0 Å². The van der Waals surface area contributed by atoms with Crippen LogP contribution in [-0.4, -0.2) is 36.3 Å². The van der Waals surface area contributed by atoms with Crippen molar-refractivity contribution < 1.29 is 22.5 Å². The maximum atomic E-state index is 11.4. The van der Waals surface area contributed by atoms with E-state index in [4.69, 9.17) is 9.29 Å². The van der Waals surface area contributed by atoms with Crippen molar-refractivity contribution in [2.45, 2.75) is 71.8 Å². The van der Waals surface area contributed by atoms with Crippen molar-refractivity contribution in [1.82, 2.24) is 4.98 Å². The molecule has 0 aromatic carbocycles. The number of nitrogens with zero attached hydrogens (tertiary/aromatic N) is 1. The minimum atomic E-state index is -3.67. The van der Waals surface area contributed by atoms with Crippen molar-refractivity contribution in [1.29, 1.82) is 0 Å². The summed E-state index contributed by atoms with van der Waals surface area (Å²) in [7, 11) is -3.67. The van der Waals surface area contributed by atoms with Crippen molar-refractivity contribution in [3.63, 3.8) is 0 Å². The number of allylic oxidation sites excluding steroid dienone is 3. The number of carbonyl (C=O) groups excluding carboxylic acids is 1. The zero-order valence-electron chi connectivity index (χ0n) is 20.7. The number of pyridine rings is 1. The van der Waals surface area contributed by atoms with Crippen LogP contribution in [0.1, 0.15) is 71.3 Å². The smallest absolute Gasteiger partial charge is 0.302 e. The van der Waals surface area contributed by atoms with Crippen LogP contribution in [0.2, 0.25) is 0 Å². The van der Waals surface area contributed by atoms with E-state index in [0.717, 1.165) is 37.0 Å². The first kappa shape index (κ1) is 25.1. The van der Waals surface area contributed by atoms with E-state index in [2.05, 4.69) is 43.1 Å². The maximum Gasteiger partial charge on any atom is 0.302 e. The summed E-state index contributed by atoms with van der Waals surface area (Å²) in [6.45, 7) is 6.56. The third-order valence-electron chi connectivity index (χ3n) is 8.94. The van der Waals surface area contributed by atoms with E-state index in [1.54, 1.807) is 5.57 Å². The molecule has 1 heterocycles. The first-order valence-corrected chi connectivity index (χ1v) is 14.2. The van der Waals surface area contributed by atoms with Crippen LogP contribution in [0.25, 0.3) is 5.57 Å². The second-order valence-electron chi connectivity index (χ2n) is 11.0. The molecule has 5 rings (SSSR count). The molecule has 0 unspecified atom stereocenters. The van der Waals surface area contributed by atoms with Gasteiger partial charge in [0, 0.05) is 25.7 Å². The molecule has 2 fully saturated rings. The Morgan fingerprint density at radius 3 is 2.47 bits per heavy atom. The summed E-state index contributed by atoms with van der Waals surface area (Å²) >= 11 is 0. The Morgan fingerprint density at radius 1 is 1.12 bits per heavy atom. The van der Waals surface area contributed by atoms with E-state index in [1.165, 1.54) is 43.7 Å². The minimum absolute atomic E-state index is 0.0857. The molecule has 2 saturated carbocycles. The molecule has 0 saturated heterocycles. The molecular weight excluding hydrogens is 450 g/mol. The third kappa shape index (κ3) is 4.87. The quantitative estimate of drug-likeness (QED) is 0.338. The Morgan fingerprint density at radius 2 is 1.82 bits per heavy atom. The van der Waals surface area contributed by atoms with Crippen LogP contribution in [0, 0.1) is 28.6 Å². The lowest BCUT2D eigenvalue weighted by atomic mass is 9.47. The van der Waals surface area contributed by atoms with Gasteiger partial charge in [-0.3, -0.25) is 14.3 Å². The van der Waals surface area contributed by atoms with Crippen molar-refractivity contribution >= 4 is 21.7 Å². The molecule has 34 heavy (non-hydrogen) atoms. The highest BCUT2D eigenvalue weighted by Crippen LogP contribution is 2.66. The second-order valence-corrected chi connectivity index (χ2v) is 12.5. The Labute approximate surface area is 203 Å². The van der Waals surface area contributed by atoms with Crippen molar-refractivity contribution in [3.8, 4) is 0 Å². The summed E-state index contributed by atoms with van der Waals surface area (Å²) < 4.78 is 31.4. The lowest BCUT2D eigenvalue weighted by Gasteiger charge is -2.57. The number of carbonyl (C=O) groups is 1. The molecule has 0 amide bonds. The molecule has 1 N–H and O–H groups in total. The Balaban J connectivity index is 0.000000499. The standard InChI is InChI=1S/C26H33NO2.CH4O3S/c1-17(28)29-20-10-12-25(2)19(15-20)6-7-21-23-9-8-22(18-5-4-14-27-16-18)26(23,3)13-11-24(21)25;1-5(2,3)4/h4-6,8,14,16,20-21,23-24H,7,9-13,15H2,1-3H3;1H3,(H,2,3,4)/t20-,21-,23-,24-,25-,26+;/m0./s1. The highest BCUT2D eigenvalue weighted by atomic mass is 32.2. The van der Waals surface area contributed by atoms with Gasteiger partial charge in [0.05, 0.1) is 6.26 Å². The topological polar surface area (TPSA) is 93.6 Å². The van der Waals surface area contributed by atoms with E-state index in [9.17, 15) is 13.2 Å². The fourth-order valence-corrected chi connectivity index (χ4v) is 7.50. The first-order valence-electron chi connectivity index (χ1n) is 12.3. The summed E-state index contributed by atoms with van der Waals surface area (Å²) in [5.41, 5.74) is 4.99. The third-order valence-corrected chi connectivity index (χ3v) is 8.94. The number of fused-ring (bicyclic) bond motifs is 5. The number of hydrogen-bond donors (Lipinski definition) is 1. The largest absolute Gasteiger partial charge is 0.462 e. The molecule has 6 nitrogen and oxygen atoms in total. The lowest BCUT2D eigenvalue weighted by molar-refractivity contribution is -0.148. The predicted octanol–water partition coefficient (Wildman–Crippen LogP) is 5.47. The van der Waals surface area contributed by atoms with E-state index in [-0.39, 0.29) is 22.9 Å². The van der Waals surface area contributed by atoms with E-state index < -0.39 is 10.1 Å². The maximum absolute atomic E-state index is 11.4. The van der Waals surface area contributed by atoms with Crippen LogP contribution in [0.4, 0.5) is 0 Å². The monoisotopic (exact) mass is 487 g/mol. The molecule has 6 atom stereocenters. The number of hydrogen-bond acceptors (Lipinski definition) is 5. The average Bonchev–Trinajstić information content (AvgIpc) is 3.10. The summed E-state index contributed by atoms with van der Waals surface area (Å²) in [5.74, 6) is 2.12. The number of ether oxygens (including phenoxy) is 1. The van der Waals surface area contributed by atoms with Gasteiger partial charge < -0.3 is 4.74 Å². The highest BCUT2D eigenvalue weighted by Gasteiger charge is 2.56. The van der Waals surface area contributed by atoms with Gasteiger partial charge in [-0.25, -0.2) is 0 Å². The summed E-state index contributed by atoms with van der Waals surface area (Å²) in [5, 5.41) is 0. The number of rotatable bonds is 2. The molecular formula is C27H37NO5S. The molecule has 4 aliphatic carbocycles. The van der Waals surface area contributed by atoms with Crippen LogP contribution in [0.5, 0.6) is 0 Å². The van der Waals surface area contributed by atoms with Crippen LogP contribution in [-0.2, 0) is 19.6 Å². The summed E-state index contributed by atoms with van der Waals surface area (Å²) in [6, 6.07) is 4.30. The fraction of sp³-hybridized carbons (Fsp3) is 0.630. The molecule has 1 aromatic rings. The molecule has 7 heteroatoms. The zero-order chi connectivity index (χ0) is 24.7. The van der Waals surface area contributed by atoms with Gasteiger partial charge in [0.25, 0.3) is 10.1 Å². The van der Waals surface area contributed by atoms with Crippen molar-refractivity contribution in [2.24, 2.45) is 28.6 Å². The summed E-state index contributed by atoms with van der Waals surface area (Å²) in [6.07, 6.45) is 17.9. The molecule has 0 radical (unpaired) electrons. The van der Waals surface area contributed by atoms with Crippen LogP contribution in [0.15, 0.2) is 42.3 Å². The first-order chi connectivity index (χ1) is 15.9. The van der Waals surface area contributed by atoms with Gasteiger partial charge in [0.2, 0.25) is 0 Å². The Hall–Kier alpha value is -1.99. The van der Waals surface area contributed by atoms with Gasteiger partial charge in [-0.2, -0.15) is 8.42 Å². The summed E-state index contributed by atoms with van der Waals surface area (Å²) in [4.78, 5) is 15.8. The van der Waals surface area contributed by atoms with Gasteiger partial charge in [-0.1, -0.05) is 37.6 Å². The van der Waals surface area contributed by atoms with E-state index in [0.29, 0.717) is 6.26 Å². The fourth-order valence-electron chi connectivity index (χ4n) is 7.50. The van der Waals surface area contributed by atoms with Crippen molar-refractivity contribution in [2.75, 3.05) is 6.26 Å². The van der Waals surface area contributed by atoms with Gasteiger partial charge in [-0.05, 0) is 84.3 Å².